The maximum absolute atomic E-state index is 4.16. The minimum Gasteiger partial charge on any atom is -0.314 e. The van der Waals surface area contributed by atoms with E-state index in [4.69, 9.17) is 0 Å². The van der Waals surface area contributed by atoms with Gasteiger partial charge in [-0.15, -0.1) is 0 Å². The topological polar surface area (TPSA) is 29.9 Å². The summed E-state index contributed by atoms with van der Waals surface area (Å²) in [7, 11) is 0. The average molecular weight is 211 g/mol. The molecule has 1 fully saturated rings. The molecule has 1 atom stereocenters. The lowest BCUT2D eigenvalue weighted by molar-refractivity contribution is 0.548. The van der Waals surface area contributed by atoms with Crippen LogP contribution in [0, 0.1) is 0 Å². The van der Waals surface area contributed by atoms with Gasteiger partial charge in [0.1, 0.15) is 0 Å². The van der Waals surface area contributed by atoms with Crippen LogP contribution in [-0.2, 0) is 6.54 Å². The van der Waals surface area contributed by atoms with Crippen LogP contribution in [0.25, 0.3) is 0 Å². The van der Waals surface area contributed by atoms with Gasteiger partial charge in [0.05, 0.1) is 6.54 Å². The van der Waals surface area contributed by atoms with E-state index < -0.39 is 0 Å². The van der Waals surface area contributed by atoms with Gasteiger partial charge in [-0.3, -0.25) is 4.68 Å². The van der Waals surface area contributed by atoms with E-state index in [2.05, 4.69) is 22.2 Å². The summed E-state index contributed by atoms with van der Waals surface area (Å²) in [5, 5.41) is 8.50. The van der Waals surface area contributed by atoms with Gasteiger partial charge in [0.15, 0.2) is 0 Å². The average Bonchev–Trinajstić information content (AvgIpc) is 2.86. The van der Waals surface area contributed by atoms with Crippen molar-refractivity contribution < 1.29 is 0 Å². The highest BCUT2D eigenvalue weighted by molar-refractivity contribution is 8.00. The largest absolute Gasteiger partial charge is 0.314 e. The summed E-state index contributed by atoms with van der Waals surface area (Å²) in [6.07, 6.45) is 6.62. The van der Waals surface area contributed by atoms with Crippen molar-refractivity contribution in [2.45, 2.75) is 24.6 Å². The molecule has 4 heteroatoms. The molecule has 0 aromatic carbocycles. The summed E-state index contributed by atoms with van der Waals surface area (Å²) in [6, 6.07) is 1.97. The van der Waals surface area contributed by atoms with E-state index in [9.17, 15) is 0 Å². The Labute approximate surface area is 89.3 Å². The van der Waals surface area contributed by atoms with E-state index in [-0.39, 0.29) is 0 Å². The number of aromatic nitrogens is 2. The third-order valence-electron chi connectivity index (χ3n) is 2.47. The first kappa shape index (κ1) is 10.1. The minimum absolute atomic E-state index is 0.854. The number of nitrogens with zero attached hydrogens (tertiary/aromatic N) is 2. The Balaban J connectivity index is 1.55. The molecule has 0 saturated carbocycles. The van der Waals surface area contributed by atoms with Gasteiger partial charge in [0.2, 0.25) is 0 Å². The number of rotatable bonds is 5. The summed E-state index contributed by atoms with van der Waals surface area (Å²) >= 11 is 2.11. The summed E-state index contributed by atoms with van der Waals surface area (Å²) in [4.78, 5) is 0. The lowest BCUT2D eigenvalue weighted by atomic mass is 10.2. The SMILES string of the molecule is c1cnn(CCNCC2CCCS2)c1. The molecule has 1 saturated heterocycles. The molecule has 0 radical (unpaired) electrons. The smallest absolute Gasteiger partial charge is 0.0533 e. The monoisotopic (exact) mass is 211 g/mol. The lowest BCUT2D eigenvalue weighted by Gasteiger charge is -2.09. The summed E-state index contributed by atoms with van der Waals surface area (Å²) in [5.74, 6) is 1.35. The highest BCUT2D eigenvalue weighted by Crippen LogP contribution is 2.24. The van der Waals surface area contributed by atoms with Crippen LogP contribution < -0.4 is 5.32 Å². The normalized spacial score (nSPS) is 21.6. The van der Waals surface area contributed by atoms with Crippen molar-refractivity contribution in [2.75, 3.05) is 18.8 Å². The van der Waals surface area contributed by atoms with Crippen molar-refractivity contribution in [1.29, 1.82) is 0 Å². The van der Waals surface area contributed by atoms with E-state index >= 15 is 0 Å². The minimum atomic E-state index is 0.854. The third kappa shape index (κ3) is 3.03. The first-order valence-electron chi connectivity index (χ1n) is 5.25. The van der Waals surface area contributed by atoms with Crippen molar-refractivity contribution in [1.82, 2.24) is 15.1 Å². The molecule has 0 aliphatic carbocycles. The van der Waals surface area contributed by atoms with Crippen LogP contribution in [-0.4, -0.2) is 33.9 Å². The fourth-order valence-corrected chi connectivity index (χ4v) is 2.93. The maximum atomic E-state index is 4.16. The van der Waals surface area contributed by atoms with Crippen LogP contribution in [0.3, 0.4) is 0 Å². The highest BCUT2D eigenvalue weighted by atomic mass is 32.2. The molecular weight excluding hydrogens is 194 g/mol. The predicted octanol–water partition coefficient (Wildman–Crippen LogP) is 1.37. The maximum Gasteiger partial charge on any atom is 0.0533 e. The predicted molar refractivity (Wildman–Crippen MR) is 60.6 cm³/mol. The van der Waals surface area contributed by atoms with Gasteiger partial charge in [-0.25, -0.2) is 0 Å². The van der Waals surface area contributed by atoms with E-state index in [1.807, 2.05) is 23.1 Å². The molecular formula is C10H17N3S. The van der Waals surface area contributed by atoms with Gasteiger partial charge in [0, 0.05) is 30.7 Å². The second kappa shape index (κ2) is 5.41. The van der Waals surface area contributed by atoms with E-state index in [1.54, 1.807) is 0 Å². The molecule has 78 valence electrons. The Morgan fingerprint density at radius 3 is 3.29 bits per heavy atom. The Morgan fingerprint density at radius 2 is 2.57 bits per heavy atom. The fourth-order valence-electron chi connectivity index (χ4n) is 1.69. The zero-order valence-corrected chi connectivity index (χ0v) is 9.17. The Kier molecular flexibility index (Phi) is 3.89. The number of hydrogen-bond donors (Lipinski definition) is 1. The van der Waals surface area contributed by atoms with Crippen molar-refractivity contribution in [2.24, 2.45) is 0 Å². The van der Waals surface area contributed by atoms with E-state index in [0.29, 0.717) is 0 Å². The zero-order chi connectivity index (χ0) is 9.64. The van der Waals surface area contributed by atoms with Crippen molar-refractivity contribution in [3.63, 3.8) is 0 Å². The van der Waals surface area contributed by atoms with Gasteiger partial charge >= 0.3 is 0 Å². The second-order valence-corrected chi connectivity index (χ2v) is 5.02. The molecule has 1 unspecified atom stereocenters. The summed E-state index contributed by atoms with van der Waals surface area (Å²) in [5.41, 5.74) is 0. The van der Waals surface area contributed by atoms with Gasteiger partial charge in [0.25, 0.3) is 0 Å². The lowest BCUT2D eigenvalue weighted by Crippen LogP contribution is -2.26. The standard InChI is InChI=1S/C10H17N3S/c1-3-10(14-8-1)9-11-5-7-13-6-2-4-12-13/h2,4,6,10-11H,1,3,5,7-9H2. The van der Waals surface area contributed by atoms with Crippen LogP contribution in [0.2, 0.25) is 0 Å². The van der Waals surface area contributed by atoms with Gasteiger partial charge in [-0.2, -0.15) is 16.9 Å². The van der Waals surface area contributed by atoms with Gasteiger partial charge < -0.3 is 5.32 Å². The molecule has 2 rings (SSSR count). The third-order valence-corrected chi connectivity index (χ3v) is 3.87. The zero-order valence-electron chi connectivity index (χ0n) is 8.35. The molecule has 0 spiro atoms. The van der Waals surface area contributed by atoms with Crippen molar-refractivity contribution in [3.8, 4) is 0 Å². The van der Waals surface area contributed by atoms with Crippen LogP contribution in [0.5, 0.6) is 0 Å². The number of nitrogens with one attached hydrogen (secondary N) is 1. The molecule has 0 bridgehead atoms. The Bertz CT molecular complexity index is 242. The Morgan fingerprint density at radius 1 is 1.57 bits per heavy atom. The summed E-state index contributed by atoms with van der Waals surface area (Å²) < 4.78 is 1.97. The highest BCUT2D eigenvalue weighted by Gasteiger charge is 2.14. The number of thioether (sulfide) groups is 1. The summed E-state index contributed by atoms with van der Waals surface area (Å²) in [6.45, 7) is 3.16. The van der Waals surface area contributed by atoms with Crippen LogP contribution >= 0.6 is 11.8 Å². The van der Waals surface area contributed by atoms with E-state index in [1.165, 1.54) is 18.6 Å². The molecule has 2 heterocycles. The first-order chi connectivity index (χ1) is 6.95. The Hall–Kier alpha value is -0.480. The molecule has 1 aromatic heterocycles. The van der Waals surface area contributed by atoms with Crippen LogP contribution in [0.4, 0.5) is 0 Å². The fraction of sp³-hybridized carbons (Fsp3) is 0.700. The molecule has 1 aromatic rings. The number of hydrogen-bond acceptors (Lipinski definition) is 3. The van der Waals surface area contributed by atoms with Gasteiger partial charge in [-0.05, 0) is 24.7 Å². The molecule has 3 nitrogen and oxygen atoms in total. The quantitative estimate of drug-likeness (QED) is 0.746. The molecule has 1 aliphatic heterocycles. The van der Waals surface area contributed by atoms with Crippen LogP contribution in [0.1, 0.15) is 12.8 Å². The molecule has 14 heavy (non-hydrogen) atoms. The first-order valence-corrected chi connectivity index (χ1v) is 6.30. The molecule has 1 N–H and O–H groups in total. The molecule has 0 amide bonds. The van der Waals surface area contributed by atoms with E-state index in [0.717, 1.165) is 24.9 Å². The molecule has 1 aliphatic rings. The second-order valence-electron chi connectivity index (χ2n) is 3.61. The van der Waals surface area contributed by atoms with Crippen molar-refractivity contribution in [3.05, 3.63) is 18.5 Å². The van der Waals surface area contributed by atoms with Crippen molar-refractivity contribution >= 4 is 11.8 Å². The van der Waals surface area contributed by atoms with Gasteiger partial charge in [-0.1, -0.05) is 0 Å². The van der Waals surface area contributed by atoms with Crippen LogP contribution in [0.15, 0.2) is 18.5 Å².